The molecule has 86 valence electrons. The second-order valence-corrected chi connectivity index (χ2v) is 5.27. The van der Waals surface area contributed by atoms with Gasteiger partial charge in [-0.15, -0.1) is 0 Å². The molecule has 1 heterocycles. The fourth-order valence-electron chi connectivity index (χ4n) is 2.12. The molecule has 0 radical (unpaired) electrons. The lowest BCUT2D eigenvalue weighted by Crippen LogP contribution is -2.14. The Bertz CT molecular complexity index is 518. The SMILES string of the molecule is CCc1cc2[nH]nc(N)c2cc1C(C)(C)C. The van der Waals surface area contributed by atoms with Gasteiger partial charge in [0.2, 0.25) is 0 Å². The predicted octanol–water partition coefficient (Wildman–Crippen LogP) is 3.01. The summed E-state index contributed by atoms with van der Waals surface area (Å²) in [5.74, 6) is 0.586. The molecule has 1 aromatic carbocycles. The van der Waals surface area contributed by atoms with Crippen LogP contribution in [0.15, 0.2) is 12.1 Å². The number of fused-ring (bicyclic) bond motifs is 1. The van der Waals surface area contributed by atoms with E-state index in [2.05, 4.69) is 50.0 Å². The molecule has 0 saturated heterocycles. The molecule has 1 aromatic heterocycles. The number of aromatic nitrogens is 2. The molecule has 3 heteroatoms. The van der Waals surface area contributed by atoms with Gasteiger partial charge < -0.3 is 5.73 Å². The van der Waals surface area contributed by atoms with E-state index in [-0.39, 0.29) is 5.41 Å². The van der Waals surface area contributed by atoms with Crippen molar-refractivity contribution < 1.29 is 0 Å². The summed E-state index contributed by atoms with van der Waals surface area (Å²) in [4.78, 5) is 0. The average molecular weight is 217 g/mol. The van der Waals surface area contributed by atoms with Crippen LogP contribution in [0.3, 0.4) is 0 Å². The van der Waals surface area contributed by atoms with Crippen LogP contribution < -0.4 is 5.73 Å². The van der Waals surface area contributed by atoms with Gasteiger partial charge in [-0.25, -0.2) is 0 Å². The third-order valence-electron chi connectivity index (χ3n) is 3.01. The zero-order chi connectivity index (χ0) is 11.9. The predicted molar refractivity (Wildman–Crippen MR) is 68.6 cm³/mol. The fraction of sp³-hybridized carbons (Fsp3) is 0.462. The number of hydrogen-bond donors (Lipinski definition) is 2. The molecule has 0 bridgehead atoms. The van der Waals surface area contributed by atoms with Crippen molar-refractivity contribution in [3.05, 3.63) is 23.3 Å². The number of nitrogen functional groups attached to an aromatic ring is 1. The first-order valence-electron chi connectivity index (χ1n) is 5.70. The molecule has 0 aliphatic carbocycles. The molecule has 2 rings (SSSR count). The van der Waals surface area contributed by atoms with Crippen LogP contribution in [0.4, 0.5) is 5.82 Å². The molecule has 0 amide bonds. The van der Waals surface area contributed by atoms with Gasteiger partial charge in [-0.1, -0.05) is 27.7 Å². The average Bonchev–Trinajstić information content (AvgIpc) is 2.57. The Balaban J connectivity index is 2.75. The summed E-state index contributed by atoms with van der Waals surface area (Å²) >= 11 is 0. The van der Waals surface area contributed by atoms with E-state index in [1.807, 2.05) is 0 Å². The van der Waals surface area contributed by atoms with Gasteiger partial charge in [0.25, 0.3) is 0 Å². The number of nitrogens with one attached hydrogen (secondary N) is 1. The van der Waals surface area contributed by atoms with Crippen molar-refractivity contribution in [2.75, 3.05) is 5.73 Å². The van der Waals surface area contributed by atoms with E-state index in [9.17, 15) is 0 Å². The highest BCUT2D eigenvalue weighted by Crippen LogP contribution is 2.31. The highest BCUT2D eigenvalue weighted by Gasteiger charge is 2.19. The molecule has 0 unspecified atom stereocenters. The Kier molecular flexibility index (Phi) is 2.41. The Morgan fingerprint density at radius 3 is 2.56 bits per heavy atom. The van der Waals surface area contributed by atoms with Gasteiger partial charge >= 0.3 is 0 Å². The van der Waals surface area contributed by atoms with E-state index < -0.39 is 0 Å². The Hall–Kier alpha value is -1.51. The van der Waals surface area contributed by atoms with Crippen molar-refractivity contribution in [3.63, 3.8) is 0 Å². The van der Waals surface area contributed by atoms with Gasteiger partial charge in [-0.2, -0.15) is 5.10 Å². The Morgan fingerprint density at radius 1 is 1.31 bits per heavy atom. The first kappa shape index (κ1) is 11.0. The maximum atomic E-state index is 5.84. The molecule has 0 aliphatic rings. The summed E-state index contributed by atoms with van der Waals surface area (Å²) < 4.78 is 0. The smallest absolute Gasteiger partial charge is 0.153 e. The van der Waals surface area contributed by atoms with E-state index in [1.54, 1.807) is 0 Å². The van der Waals surface area contributed by atoms with Crippen LogP contribution in [-0.2, 0) is 11.8 Å². The maximum Gasteiger partial charge on any atom is 0.153 e. The molecule has 2 aromatic rings. The number of anilines is 1. The molecular formula is C13H19N3. The zero-order valence-corrected chi connectivity index (χ0v) is 10.4. The van der Waals surface area contributed by atoms with Gasteiger partial charge in [-0.05, 0) is 35.1 Å². The van der Waals surface area contributed by atoms with Crippen LogP contribution in [-0.4, -0.2) is 10.2 Å². The molecule has 0 atom stereocenters. The van der Waals surface area contributed by atoms with Gasteiger partial charge in [0, 0.05) is 5.39 Å². The van der Waals surface area contributed by atoms with Crippen LogP contribution in [0.25, 0.3) is 10.9 Å². The third-order valence-corrected chi connectivity index (χ3v) is 3.01. The summed E-state index contributed by atoms with van der Waals surface area (Å²) in [6.45, 7) is 8.85. The standard InChI is InChI=1S/C13H19N3/c1-5-8-6-11-9(12(14)16-15-11)7-10(8)13(2,3)4/h6-7H,5H2,1-4H3,(H3,14,15,16). The van der Waals surface area contributed by atoms with Crippen LogP contribution in [0, 0.1) is 0 Å². The quantitative estimate of drug-likeness (QED) is 0.771. The lowest BCUT2D eigenvalue weighted by molar-refractivity contribution is 0.584. The van der Waals surface area contributed by atoms with Gasteiger partial charge in [0.05, 0.1) is 5.52 Å². The van der Waals surface area contributed by atoms with Crippen molar-refractivity contribution >= 4 is 16.7 Å². The highest BCUT2D eigenvalue weighted by atomic mass is 15.1. The van der Waals surface area contributed by atoms with E-state index >= 15 is 0 Å². The first-order valence-corrected chi connectivity index (χ1v) is 5.70. The van der Waals surface area contributed by atoms with Crippen LogP contribution in [0.1, 0.15) is 38.8 Å². The van der Waals surface area contributed by atoms with Gasteiger partial charge in [0.1, 0.15) is 0 Å². The van der Waals surface area contributed by atoms with Gasteiger partial charge in [-0.3, -0.25) is 5.10 Å². The minimum atomic E-state index is 0.142. The molecule has 0 spiro atoms. The van der Waals surface area contributed by atoms with Crippen molar-refractivity contribution in [2.45, 2.75) is 39.5 Å². The van der Waals surface area contributed by atoms with E-state index in [0.29, 0.717) is 5.82 Å². The molecule has 0 aliphatic heterocycles. The third kappa shape index (κ3) is 1.66. The lowest BCUT2D eigenvalue weighted by atomic mass is 9.82. The lowest BCUT2D eigenvalue weighted by Gasteiger charge is -2.22. The second kappa shape index (κ2) is 3.51. The monoisotopic (exact) mass is 217 g/mol. The molecule has 16 heavy (non-hydrogen) atoms. The largest absolute Gasteiger partial charge is 0.382 e. The highest BCUT2D eigenvalue weighted by molar-refractivity contribution is 5.90. The number of nitrogens with two attached hydrogens (primary N) is 1. The second-order valence-electron chi connectivity index (χ2n) is 5.27. The molecule has 0 saturated carbocycles. The minimum Gasteiger partial charge on any atom is -0.382 e. The zero-order valence-electron chi connectivity index (χ0n) is 10.4. The van der Waals surface area contributed by atoms with E-state index in [1.165, 1.54) is 11.1 Å². The molecule has 0 fully saturated rings. The first-order chi connectivity index (χ1) is 7.43. The number of aromatic amines is 1. The number of hydrogen-bond acceptors (Lipinski definition) is 2. The topological polar surface area (TPSA) is 54.7 Å². The van der Waals surface area contributed by atoms with E-state index in [0.717, 1.165) is 17.3 Å². The number of H-pyrrole nitrogens is 1. The van der Waals surface area contributed by atoms with Crippen molar-refractivity contribution in [1.29, 1.82) is 0 Å². The summed E-state index contributed by atoms with van der Waals surface area (Å²) in [6.07, 6.45) is 1.03. The molecule has 3 nitrogen and oxygen atoms in total. The Labute approximate surface area is 96.0 Å². The number of rotatable bonds is 1. The van der Waals surface area contributed by atoms with Crippen LogP contribution >= 0.6 is 0 Å². The van der Waals surface area contributed by atoms with E-state index in [4.69, 9.17) is 5.73 Å². The van der Waals surface area contributed by atoms with Crippen molar-refractivity contribution in [1.82, 2.24) is 10.2 Å². The Morgan fingerprint density at radius 2 is 2.00 bits per heavy atom. The van der Waals surface area contributed by atoms with Crippen LogP contribution in [0.2, 0.25) is 0 Å². The number of nitrogens with zero attached hydrogens (tertiary/aromatic N) is 1. The van der Waals surface area contributed by atoms with Gasteiger partial charge in [0.15, 0.2) is 5.82 Å². The molecular weight excluding hydrogens is 198 g/mol. The summed E-state index contributed by atoms with van der Waals surface area (Å²) in [6, 6.07) is 4.34. The maximum absolute atomic E-state index is 5.84. The minimum absolute atomic E-state index is 0.142. The summed E-state index contributed by atoms with van der Waals surface area (Å²) in [5, 5.41) is 8.04. The number of benzene rings is 1. The van der Waals surface area contributed by atoms with Crippen molar-refractivity contribution in [3.8, 4) is 0 Å². The normalized spacial score (nSPS) is 12.2. The summed E-state index contributed by atoms with van der Waals surface area (Å²) in [5.41, 5.74) is 9.73. The number of aryl methyl sites for hydroxylation is 1. The fourth-order valence-corrected chi connectivity index (χ4v) is 2.12. The summed E-state index contributed by atoms with van der Waals surface area (Å²) in [7, 11) is 0. The molecule has 3 N–H and O–H groups in total. The van der Waals surface area contributed by atoms with Crippen molar-refractivity contribution in [2.24, 2.45) is 0 Å². The van der Waals surface area contributed by atoms with Crippen LogP contribution in [0.5, 0.6) is 0 Å².